The summed E-state index contributed by atoms with van der Waals surface area (Å²) in [6, 6.07) is 0. The maximum atomic E-state index is 5.78. The largest absolute Gasteiger partial charge is 0.495 e. The SMILES string of the molecule is CCCC(OC(C)CC)=C(C)C. The molecule has 0 aliphatic heterocycles. The third kappa shape index (κ3) is 4.42. The van der Waals surface area contributed by atoms with Crippen molar-refractivity contribution in [2.45, 2.75) is 60.0 Å². The summed E-state index contributed by atoms with van der Waals surface area (Å²) in [5.74, 6) is 1.19. The monoisotopic (exact) mass is 170 g/mol. The molecule has 1 unspecified atom stereocenters. The standard InChI is InChI=1S/C11H22O/c1-6-8-11(9(3)4)12-10(5)7-2/h10H,6-8H2,1-5H3. The maximum absolute atomic E-state index is 5.78. The first kappa shape index (κ1) is 11.5. The molecule has 1 nitrogen and oxygen atoms in total. The topological polar surface area (TPSA) is 9.23 Å². The van der Waals surface area contributed by atoms with Crippen molar-refractivity contribution in [3.05, 3.63) is 11.3 Å². The first-order valence-corrected chi connectivity index (χ1v) is 4.94. The van der Waals surface area contributed by atoms with Crippen molar-refractivity contribution >= 4 is 0 Å². The van der Waals surface area contributed by atoms with E-state index in [1.54, 1.807) is 0 Å². The van der Waals surface area contributed by atoms with E-state index in [1.807, 2.05) is 0 Å². The van der Waals surface area contributed by atoms with Crippen LogP contribution >= 0.6 is 0 Å². The van der Waals surface area contributed by atoms with E-state index in [0.717, 1.165) is 19.3 Å². The van der Waals surface area contributed by atoms with Crippen molar-refractivity contribution in [2.24, 2.45) is 0 Å². The fourth-order valence-corrected chi connectivity index (χ4v) is 0.980. The quantitative estimate of drug-likeness (QED) is 0.569. The third-order valence-corrected chi connectivity index (χ3v) is 1.95. The number of rotatable bonds is 5. The zero-order chi connectivity index (χ0) is 9.56. The highest BCUT2D eigenvalue weighted by atomic mass is 16.5. The molecular formula is C11H22O. The van der Waals surface area contributed by atoms with Crippen LogP contribution in [0, 0.1) is 0 Å². The third-order valence-electron chi connectivity index (χ3n) is 1.95. The van der Waals surface area contributed by atoms with Gasteiger partial charge in [0, 0.05) is 6.42 Å². The Hall–Kier alpha value is -0.460. The average Bonchev–Trinajstić information content (AvgIpc) is 2.03. The Balaban J connectivity index is 4.06. The molecule has 0 radical (unpaired) electrons. The van der Waals surface area contributed by atoms with Gasteiger partial charge in [-0.2, -0.15) is 0 Å². The zero-order valence-corrected chi connectivity index (χ0v) is 9.11. The molecule has 12 heavy (non-hydrogen) atoms. The highest BCUT2D eigenvalue weighted by molar-refractivity contribution is 5.02. The van der Waals surface area contributed by atoms with Gasteiger partial charge in [0.25, 0.3) is 0 Å². The van der Waals surface area contributed by atoms with Gasteiger partial charge >= 0.3 is 0 Å². The van der Waals surface area contributed by atoms with Crippen molar-refractivity contribution in [2.75, 3.05) is 0 Å². The Kier molecular flexibility index (Phi) is 5.87. The molecule has 1 heteroatoms. The van der Waals surface area contributed by atoms with Gasteiger partial charge in [-0.05, 0) is 39.2 Å². The van der Waals surface area contributed by atoms with E-state index in [4.69, 9.17) is 4.74 Å². The lowest BCUT2D eigenvalue weighted by molar-refractivity contribution is 0.118. The highest BCUT2D eigenvalue weighted by Crippen LogP contribution is 2.15. The molecule has 0 bridgehead atoms. The van der Waals surface area contributed by atoms with Crippen LogP contribution in [-0.2, 0) is 4.74 Å². The summed E-state index contributed by atoms with van der Waals surface area (Å²) in [6.07, 6.45) is 3.69. The van der Waals surface area contributed by atoms with Crippen LogP contribution < -0.4 is 0 Å². The van der Waals surface area contributed by atoms with Crippen molar-refractivity contribution in [1.29, 1.82) is 0 Å². The fourth-order valence-electron chi connectivity index (χ4n) is 0.980. The minimum atomic E-state index is 0.362. The van der Waals surface area contributed by atoms with Crippen LogP contribution in [0.3, 0.4) is 0 Å². The molecule has 0 amide bonds. The molecule has 0 spiro atoms. The summed E-state index contributed by atoms with van der Waals surface area (Å²) in [4.78, 5) is 0. The van der Waals surface area contributed by atoms with Gasteiger partial charge in [-0.25, -0.2) is 0 Å². The first-order chi connectivity index (χ1) is 5.61. The first-order valence-electron chi connectivity index (χ1n) is 4.94. The molecule has 0 aliphatic carbocycles. The lowest BCUT2D eigenvalue weighted by Crippen LogP contribution is -2.07. The second kappa shape index (κ2) is 6.10. The van der Waals surface area contributed by atoms with Gasteiger partial charge in [0.2, 0.25) is 0 Å². The lowest BCUT2D eigenvalue weighted by atomic mass is 10.2. The molecule has 0 saturated heterocycles. The molecule has 0 heterocycles. The van der Waals surface area contributed by atoms with Gasteiger partial charge in [-0.1, -0.05) is 13.8 Å². The van der Waals surface area contributed by atoms with Crippen molar-refractivity contribution in [1.82, 2.24) is 0 Å². The van der Waals surface area contributed by atoms with Crippen molar-refractivity contribution in [3.8, 4) is 0 Å². The number of allylic oxidation sites excluding steroid dienone is 2. The summed E-state index contributed by atoms with van der Waals surface area (Å²) >= 11 is 0. The van der Waals surface area contributed by atoms with E-state index in [9.17, 15) is 0 Å². The fraction of sp³-hybridized carbons (Fsp3) is 0.818. The van der Waals surface area contributed by atoms with E-state index in [-0.39, 0.29) is 0 Å². The van der Waals surface area contributed by atoms with Crippen LogP contribution in [-0.4, -0.2) is 6.10 Å². The summed E-state index contributed by atoms with van der Waals surface area (Å²) in [7, 11) is 0. The molecule has 72 valence electrons. The van der Waals surface area contributed by atoms with Crippen LogP contribution in [0.4, 0.5) is 0 Å². The summed E-state index contributed by atoms with van der Waals surface area (Å²) < 4.78 is 5.78. The Morgan fingerprint density at radius 3 is 2.17 bits per heavy atom. The molecule has 0 aromatic rings. The minimum Gasteiger partial charge on any atom is -0.495 e. The van der Waals surface area contributed by atoms with E-state index in [0.29, 0.717) is 6.10 Å². The molecule has 1 atom stereocenters. The number of hydrogen-bond donors (Lipinski definition) is 0. The summed E-state index contributed by atoms with van der Waals surface area (Å²) in [6.45, 7) is 10.7. The average molecular weight is 170 g/mol. The van der Waals surface area contributed by atoms with Gasteiger partial charge in [-0.15, -0.1) is 0 Å². The van der Waals surface area contributed by atoms with Crippen LogP contribution in [0.15, 0.2) is 11.3 Å². The second-order valence-electron chi connectivity index (χ2n) is 3.51. The van der Waals surface area contributed by atoms with Gasteiger partial charge in [0.15, 0.2) is 0 Å². The van der Waals surface area contributed by atoms with Crippen LogP contribution in [0.1, 0.15) is 53.9 Å². The van der Waals surface area contributed by atoms with E-state index < -0.39 is 0 Å². The molecule has 0 rings (SSSR count). The van der Waals surface area contributed by atoms with Crippen molar-refractivity contribution in [3.63, 3.8) is 0 Å². The van der Waals surface area contributed by atoms with Crippen LogP contribution in [0.5, 0.6) is 0 Å². The normalized spacial score (nSPS) is 12.4. The van der Waals surface area contributed by atoms with E-state index >= 15 is 0 Å². The molecule has 0 aromatic carbocycles. The number of ether oxygens (including phenoxy) is 1. The molecular weight excluding hydrogens is 148 g/mol. The van der Waals surface area contributed by atoms with Crippen molar-refractivity contribution < 1.29 is 4.74 Å². The predicted octanol–water partition coefficient (Wildman–Crippen LogP) is 3.90. The van der Waals surface area contributed by atoms with E-state index in [1.165, 1.54) is 11.3 Å². The predicted molar refractivity (Wildman–Crippen MR) is 54.1 cm³/mol. The highest BCUT2D eigenvalue weighted by Gasteiger charge is 2.04. The molecule has 0 saturated carbocycles. The Bertz CT molecular complexity index is 143. The van der Waals surface area contributed by atoms with Gasteiger partial charge in [0.1, 0.15) is 0 Å². The number of hydrogen-bond acceptors (Lipinski definition) is 1. The van der Waals surface area contributed by atoms with Gasteiger partial charge < -0.3 is 4.74 Å². The second-order valence-corrected chi connectivity index (χ2v) is 3.51. The Labute approximate surface area is 76.8 Å². The van der Waals surface area contributed by atoms with Crippen LogP contribution in [0.2, 0.25) is 0 Å². The molecule has 0 aliphatic rings. The molecule has 0 fully saturated rings. The molecule has 0 aromatic heterocycles. The summed E-state index contributed by atoms with van der Waals surface area (Å²) in [5, 5.41) is 0. The molecule has 0 N–H and O–H groups in total. The maximum Gasteiger partial charge on any atom is 0.0951 e. The zero-order valence-electron chi connectivity index (χ0n) is 9.11. The van der Waals surface area contributed by atoms with Gasteiger partial charge in [-0.3, -0.25) is 0 Å². The Morgan fingerprint density at radius 1 is 1.25 bits per heavy atom. The summed E-state index contributed by atoms with van der Waals surface area (Å²) in [5.41, 5.74) is 1.32. The van der Waals surface area contributed by atoms with Gasteiger partial charge in [0.05, 0.1) is 11.9 Å². The Morgan fingerprint density at radius 2 is 1.83 bits per heavy atom. The minimum absolute atomic E-state index is 0.362. The van der Waals surface area contributed by atoms with Crippen LogP contribution in [0.25, 0.3) is 0 Å². The lowest BCUT2D eigenvalue weighted by Gasteiger charge is -2.16. The smallest absolute Gasteiger partial charge is 0.0951 e. The van der Waals surface area contributed by atoms with E-state index in [2.05, 4.69) is 34.6 Å².